The van der Waals surface area contributed by atoms with Crippen LogP contribution in [0.1, 0.15) is 84.0 Å². The monoisotopic (exact) mass is 788 g/mol. The van der Waals surface area contributed by atoms with E-state index in [0.717, 1.165) is 28.5 Å². The van der Waals surface area contributed by atoms with Gasteiger partial charge in [-0.15, -0.1) is 0 Å². The zero-order valence-electron chi connectivity index (χ0n) is 14.7. The second-order valence-electron chi connectivity index (χ2n) is 6.50. The van der Waals surface area contributed by atoms with E-state index in [2.05, 4.69) is 97.3 Å². The molecule has 0 aromatic heterocycles. The number of rotatable bonds is 16. The van der Waals surface area contributed by atoms with Crippen LogP contribution in [0.25, 0.3) is 0 Å². The molecule has 0 saturated heterocycles. The van der Waals surface area contributed by atoms with Gasteiger partial charge in [-0.05, 0) is 25.7 Å². The summed E-state index contributed by atoms with van der Waals surface area (Å²) < 4.78 is 3.12. The second-order valence-corrected chi connectivity index (χ2v) is 12.9. The molecule has 2 nitrogen and oxygen atoms in total. The number of alkyl halides is 4. The molecular weight excluding hydrogens is 756 g/mol. The first-order chi connectivity index (χ1) is 11.4. The molecule has 0 heterocycles. The maximum Gasteiger partial charge on any atom is 0.303 e. The molecule has 0 aliphatic carbocycles. The average molecular weight is 788 g/mol. The highest BCUT2D eigenvalue weighted by Gasteiger charge is 2.23. The number of unbranched alkanes of at least 4 members (excludes halogenated alkanes) is 6. The second kappa shape index (κ2) is 17.5. The predicted octanol–water partition coefficient (Wildman–Crippen LogP) is 7.99. The minimum atomic E-state index is -0.660. The van der Waals surface area contributed by atoms with Crippen molar-refractivity contribution in [2.24, 2.45) is 0 Å². The normalized spacial score (nSPS) is 16.5. The van der Waals surface area contributed by atoms with E-state index in [0.29, 0.717) is 6.42 Å². The number of carbonyl (C=O) groups is 1. The average Bonchev–Trinajstić information content (AvgIpc) is 2.53. The van der Waals surface area contributed by atoms with Gasteiger partial charge < -0.3 is 5.11 Å². The fourth-order valence-electron chi connectivity index (χ4n) is 2.61. The van der Waals surface area contributed by atoms with Crippen molar-refractivity contribution >= 4 is 96.3 Å². The summed E-state index contributed by atoms with van der Waals surface area (Å²) in [5.41, 5.74) is 0. The Morgan fingerprint density at radius 1 is 0.750 bits per heavy atom. The Labute approximate surface area is 203 Å². The maximum atomic E-state index is 10.5. The molecule has 6 heteroatoms. The third-order valence-electron chi connectivity index (χ3n) is 4.19. The quantitative estimate of drug-likeness (QED) is 0.0980. The Bertz CT molecular complexity index is 315. The molecule has 1 N–H and O–H groups in total. The zero-order chi connectivity index (χ0) is 18.4. The summed E-state index contributed by atoms with van der Waals surface area (Å²) in [4.78, 5) is 10.5. The highest BCUT2D eigenvalue weighted by Crippen LogP contribution is 2.32. The highest BCUT2D eigenvalue weighted by atomic mass is 127. The first kappa shape index (κ1) is 26.4. The van der Waals surface area contributed by atoms with Crippen LogP contribution in [0.3, 0.4) is 0 Å². The predicted molar refractivity (Wildman–Crippen MR) is 140 cm³/mol. The fraction of sp³-hybridized carbons (Fsp3) is 0.944. The fourth-order valence-corrected chi connectivity index (χ4v) is 6.86. The molecule has 0 fully saturated rings. The van der Waals surface area contributed by atoms with Gasteiger partial charge in [0, 0.05) is 22.1 Å². The van der Waals surface area contributed by atoms with Crippen molar-refractivity contribution in [3.8, 4) is 0 Å². The summed E-state index contributed by atoms with van der Waals surface area (Å²) in [6, 6.07) is 0. The van der Waals surface area contributed by atoms with E-state index < -0.39 is 5.97 Å². The Hall–Kier alpha value is 2.39. The Morgan fingerprint density at radius 2 is 1.21 bits per heavy atom. The van der Waals surface area contributed by atoms with Crippen LogP contribution in [-0.2, 0) is 4.79 Å². The van der Waals surface area contributed by atoms with Gasteiger partial charge >= 0.3 is 5.97 Å². The van der Waals surface area contributed by atoms with E-state index >= 15 is 0 Å². The summed E-state index contributed by atoms with van der Waals surface area (Å²) in [6.45, 7) is 2.28. The molecule has 0 amide bonds. The topological polar surface area (TPSA) is 37.3 Å². The van der Waals surface area contributed by atoms with E-state index in [1.807, 2.05) is 0 Å². The van der Waals surface area contributed by atoms with Crippen LogP contribution in [0.2, 0.25) is 0 Å². The summed E-state index contributed by atoms with van der Waals surface area (Å²) in [6.07, 6.45) is 14.0. The number of aliphatic carboxylic acids is 1. The van der Waals surface area contributed by atoms with Gasteiger partial charge in [-0.3, -0.25) is 4.79 Å². The lowest BCUT2D eigenvalue weighted by molar-refractivity contribution is -0.137. The summed E-state index contributed by atoms with van der Waals surface area (Å²) in [5.74, 6) is -0.660. The number of hydrogen-bond donors (Lipinski definition) is 1. The van der Waals surface area contributed by atoms with Crippen molar-refractivity contribution in [2.45, 2.75) is 99.7 Å². The van der Waals surface area contributed by atoms with Gasteiger partial charge in [0.15, 0.2) is 0 Å². The molecule has 0 aliphatic heterocycles. The molecule has 0 aromatic carbocycles. The molecule has 24 heavy (non-hydrogen) atoms. The van der Waals surface area contributed by atoms with Crippen LogP contribution >= 0.6 is 90.4 Å². The van der Waals surface area contributed by atoms with Crippen LogP contribution in [0.15, 0.2) is 0 Å². The van der Waals surface area contributed by atoms with Crippen molar-refractivity contribution in [3.05, 3.63) is 0 Å². The molecule has 0 bridgehead atoms. The van der Waals surface area contributed by atoms with Gasteiger partial charge in [0.25, 0.3) is 0 Å². The van der Waals surface area contributed by atoms with E-state index in [1.165, 1.54) is 57.8 Å². The molecule has 4 atom stereocenters. The zero-order valence-corrected chi connectivity index (χ0v) is 23.3. The molecule has 0 aromatic rings. The lowest BCUT2D eigenvalue weighted by Gasteiger charge is -2.23. The van der Waals surface area contributed by atoms with Crippen molar-refractivity contribution in [1.29, 1.82) is 0 Å². The van der Waals surface area contributed by atoms with E-state index in [4.69, 9.17) is 5.11 Å². The molecule has 144 valence electrons. The summed E-state index contributed by atoms with van der Waals surface area (Å²) in [5, 5.41) is 8.62. The largest absolute Gasteiger partial charge is 0.481 e. The number of carboxylic acid groups (broad SMARTS) is 1. The van der Waals surface area contributed by atoms with Crippen LogP contribution in [0.5, 0.6) is 0 Å². The van der Waals surface area contributed by atoms with Crippen LogP contribution < -0.4 is 0 Å². The number of carboxylic acids is 1. The Morgan fingerprint density at radius 3 is 1.71 bits per heavy atom. The van der Waals surface area contributed by atoms with Gasteiger partial charge in [0.1, 0.15) is 0 Å². The van der Waals surface area contributed by atoms with Crippen LogP contribution in [-0.4, -0.2) is 26.8 Å². The lowest BCUT2D eigenvalue weighted by atomic mass is 10.0. The lowest BCUT2D eigenvalue weighted by Crippen LogP contribution is -2.23. The minimum absolute atomic E-state index is 0.331. The van der Waals surface area contributed by atoms with E-state index in [1.54, 1.807) is 0 Å². The van der Waals surface area contributed by atoms with Gasteiger partial charge in [-0.1, -0.05) is 142 Å². The first-order valence-electron chi connectivity index (χ1n) is 9.16. The van der Waals surface area contributed by atoms with Gasteiger partial charge in [0.05, 0.1) is 0 Å². The van der Waals surface area contributed by atoms with E-state index in [-0.39, 0.29) is 0 Å². The Balaban J connectivity index is 3.74. The van der Waals surface area contributed by atoms with Crippen LogP contribution in [0, 0.1) is 0 Å². The summed E-state index contributed by atoms with van der Waals surface area (Å²) in [7, 11) is 0. The first-order valence-corrected chi connectivity index (χ1v) is 14.1. The molecular formula is C18H32I4O2. The number of hydrogen-bond acceptors (Lipinski definition) is 1. The van der Waals surface area contributed by atoms with Crippen molar-refractivity contribution in [3.63, 3.8) is 0 Å². The van der Waals surface area contributed by atoms with Crippen molar-refractivity contribution in [2.75, 3.05) is 0 Å². The molecule has 0 radical (unpaired) electrons. The molecule has 0 spiro atoms. The van der Waals surface area contributed by atoms with Gasteiger partial charge in [0.2, 0.25) is 0 Å². The SMILES string of the molecule is CCCCCC(I)C(I)CC(I)C(I)CCCCCCCC(=O)O. The molecule has 0 rings (SSSR count). The van der Waals surface area contributed by atoms with Crippen LogP contribution in [0.4, 0.5) is 0 Å². The standard InChI is InChI=1S/C18H32I4O2/c1-2-3-7-10-14(19)16(21)13-17(22)15(20)11-8-5-4-6-9-12-18(23)24/h14-17H,2-13H2,1H3,(H,23,24). The van der Waals surface area contributed by atoms with Crippen molar-refractivity contribution in [1.82, 2.24) is 0 Å². The summed E-state index contributed by atoms with van der Waals surface area (Å²) >= 11 is 10.6. The third kappa shape index (κ3) is 15.4. The highest BCUT2D eigenvalue weighted by molar-refractivity contribution is 14.1. The molecule has 0 aliphatic rings. The minimum Gasteiger partial charge on any atom is -0.481 e. The molecule has 4 unspecified atom stereocenters. The molecule has 0 saturated carbocycles. The Kier molecular flexibility index (Phi) is 19.2. The maximum absolute atomic E-state index is 10.5. The smallest absolute Gasteiger partial charge is 0.303 e. The number of halogens is 4. The van der Waals surface area contributed by atoms with Gasteiger partial charge in [-0.2, -0.15) is 0 Å². The third-order valence-corrected chi connectivity index (χ3v) is 12.7. The van der Waals surface area contributed by atoms with Gasteiger partial charge in [-0.25, -0.2) is 0 Å². The van der Waals surface area contributed by atoms with E-state index in [9.17, 15) is 4.79 Å². The van der Waals surface area contributed by atoms with Crippen molar-refractivity contribution < 1.29 is 9.90 Å².